The second-order valence-electron chi connectivity index (χ2n) is 7.18. The van der Waals surface area contributed by atoms with Crippen LogP contribution in [0, 0.1) is 0 Å². The second kappa shape index (κ2) is 8.93. The maximum atomic E-state index is 13.2. The number of hydrogen-bond donors (Lipinski definition) is 0. The largest absolute Gasteiger partial charge is 0.378 e. The van der Waals surface area contributed by atoms with E-state index in [0.29, 0.717) is 57.4 Å². The molecule has 2 fully saturated rings. The number of benzene rings is 1. The summed E-state index contributed by atoms with van der Waals surface area (Å²) in [6, 6.07) is 11.7. The Morgan fingerprint density at radius 2 is 1.66 bits per heavy atom. The van der Waals surface area contributed by atoms with Gasteiger partial charge in [-0.1, -0.05) is 30.3 Å². The van der Waals surface area contributed by atoms with Crippen LogP contribution < -0.4 is 0 Å². The number of amides is 1. The summed E-state index contributed by atoms with van der Waals surface area (Å²) >= 11 is 1.20. The number of nitrogens with zero attached hydrogens (tertiary/aromatic N) is 3. The molecule has 2 saturated heterocycles. The highest BCUT2D eigenvalue weighted by atomic mass is 32.2. The van der Waals surface area contributed by atoms with Crippen LogP contribution in [-0.2, 0) is 21.3 Å². The summed E-state index contributed by atoms with van der Waals surface area (Å²) in [7, 11) is -3.69. The van der Waals surface area contributed by atoms with Crippen molar-refractivity contribution >= 4 is 27.3 Å². The number of carbonyl (C=O) groups excluding carboxylic acids is 1. The van der Waals surface area contributed by atoms with Crippen LogP contribution in [0.15, 0.2) is 46.7 Å². The first-order valence-electron chi connectivity index (χ1n) is 9.76. The predicted molar refractivity (Wildman–Crippen MR) is 112 cm³/mol. The van der Waals surface area contributed by atoms with E-state index < -0.39 is 10.0 Å². The fourth-order valence-electron chi connectivity index (χ4n) is 3.68. The summed E-state index contributed by atoms with van der Waals surface area (Å²) in [4.78, 5) is 17.2. The Balaban J connectivity index is 1.43. The molecular weight excluding hydrogens is 410 g/mol. The van der Waals surface area contributed by atoms with Gasteiger partial charge in [-0.25, -0.2) is 8.42 Å². The normalized spacial score (nSPS) is 19.4. The first kappa shape index (κ1) is 20.5. The maximum Gasteiger partial charge on any atom is 0.265 e. The summed E-state index contributed by atoms with van der Waals surface area (Å²) in [6.07, 6.45) is 0. The van der Waals surface area contributed by atoms with Crippen molar-refractivity contribution in [3.63, 3.8) is 0 Å². The van der Waals surface area contributed by atoms with Gasteiger partial charge >= 0.3 is 0 Å². The standard InChI is InChI=1S/C20H25N3O4S2/c24-20(22-11-13-27-14-12-22)19-18(6-15-28-19)29(25,26)23-9-7-21(8-10-23)16-17-4-2-1-3-5-17/h1-6,15H,7-14,16H2. The highest BCUT2D eigenvalue weighted by Gasteiger charge is 2.34. The van der Waals surface area contributed by atoms with Gasteiger partial charge in [0.2, 0.25) is 10.0 Å². The molecule has 1 amide bonds. The van der Waals surface area contributed by atoms with Crippen LogP contribution in [0.5, 0.6) is 0 Å². The lowest BCUT2D eigenvalue weighted by Gasteiger charge is -2.34. The van der Waals surface area contributed by atoms with Crippen molar-refractivity contribution in [1.29, 1.82) is 0 Å². The highest BCUT2D eigenvalue weighted by molar-refractivity contribution is 7.89. The third-order valence-electron chi connectivity index (χ3n) is 5.32. The number of rotatable bonds is 5. The molecule has 9 heteroatoms. The van der Waals surface area contributed by atoms with E-state index in [1.807, 2.05) is 18.2 Å². The average molecular weight is 436 g/mol. The predicted octanol–water partition coefficient (Wildman–Crippen LogP) is 1.73. The maximum absolute atomic E-state index is 13.2. The van der Waals surface area contributed by atoms with Crippen LogP contribution in [0.1, 0.15) is 15.2 Å². The molecule has 7 nitrogen and oxygen atoms in total. The fraction of sp³-hybridized carbons (Fsp3) is 0.450. The van der Waals surface area contributed by atoms with E-state index in [0.717, 1.165) is 6.54 Å². The molecule has 0 N–H and O–H groups in total. The van der Waals surface area contributed by atoms with E-state index in [4.69, 9.17) is 4.74 Å². The topological polar surface area (TPSA) is 70.2 Å². The lowest BCUT2D eigenvalue weighted by atomic mass is 10.2. The van der Waals surface area contributed by atoms with Gasteiger partial charge in [-0.15, -0.1) is 11.3 Å². The zero-order chi connectivity index (χ0) is 20.3. The molecule has 0 saturated carbocycles. The van der Waals surface area contributed by atoms with E-state index in [9.17, 15) is 13.2 Å². The van der Waals surface area contributed by atoms with Crippen LogP contribution >= 0.6 is 11.3 Å². The lowest BCUT2D eigenvalue weighted by Crippen LogP contribution is -2.48. The monoisotopic (exact) mass is 435 g/mol. The van der Waals surface area contributed by atoms with Gasteiger partial charge in [0.15, 0.2) is 0 Å². The molecule has 0 unspecified atom stereocenters. The number of carbonyl (C=O) groups is 1. The van der Waals surface area contributed by atoms with Crippen molar-refractivity contribution in [3.05, 3.63) is 52.2 Å². The third kappa shape index (κ3) is 4.54. The molecule has 156 valence electrons. The molecule has 0 bridgehead atoms. The Hall–Kier alpha value is -1.78. The SMILES string of the molecule is O=C(c1sccc1S(=O)(=O)N1CCN(Cc2ccccc2)CC1)N1CCOCC1. The summed E-state index contributed by atoms with van der Waals surface area (Å²) < 4.78 is 33.3. The Morgan fingerprint density at radius 1 is 0.966 bits per heavy atom. The van der Waals surface area contributed by atoms with Crippen molar-refractivity contribution in [2.75, 3.05) is 52.5 Å². The van der Waals surface area contributed by atoms with E-state index in [1.54, 1.807) is 16.3 Å². The lowest BCUT2D eigenvalue weighted by molar-refractivity contribution is 0.0304. The Bertz CT molecular complexity index is 932. The summed E-state index contributed by atoms with van der Waals surface area (Å²) in [5.41, 5.74) is 1.22. The zero-order valence-electron chi connectivity index (χ0n) is 16.2. The van der Waals surface area contributed by atoms with Crippen LogP contribution in [0.3, 0.4) is 0 Å². The van der Waals surface area contributed by atoms with Gasteiger partial charge in [-0.2, -0.15) is 4.31 Å². The van der Waals surface area contributed by atoms with Gasteiger partial charge in [-0.3, -0.25) is 9.69 Å². The van der Waals surface area contributed by atoms with E-state index in [-0.39, 0.29) is 10.8 Å². The summed E-state index contributed by atoms with van der Waals surface area (Å²) in [5, 5.41) is 1.69. The molecule has 0 radical (unpaired) electrons. The van der Waals surface area contributed by atoms with Gasteiger partial charge in [0, 0.05) is 45.8 Å². The van der Waals surface area contributed by atoms with Crippen LogP contribution in [0.4, 0.5) is 0 Å². The number of ether oxygens (including phenoxy) is 1. The zero-order valence-corrected chi connectivity index (χ0v) is 17.8. The number of hydrogen-bond acceptors (Lipinski definition) is 6. The minimum absolute atomic E-state index is 0.135. The van der Waals surface area contributed by atoms with E-state index in [2.05, 4.69) is 17.0 Å². The smallest absolute Gasteiger partial charge is 0.265 e. The van der Waals surface area contributed by atoms with Gasteiger partial charge < -0.3 is 9.64 Å². The number of thiophene rings is 1. The Labute approximate surface area is 175 Å². The van der Waals surface area contributed by atoms with Gasteiger partial charge in [0.1, 0.15) is 9.77 Å². The summed E-state index contributed by atoms with van der Waals surface area (Å²) in [6.45, 7) is 4.98. The van der Waals surface area contributed by atoms with Gasteiger partial charge in [-0.05, 0) is 17.0 Å². The summed E-state index contributed by atoms with van der Waals surface area (Å²) in [5.74, 6) is -0.218. The van der Waals surface area contributed by atoms with Gasteiger partial charge in [0.05, 0.1) is 13.2 Å². The third-order valence-corrected chi connectivity index (χ3v) is 8.29. The molecule has 1 aromatic heterocycles. The molecular formula is C20H25N3O4S2. The molecule has 0 aliphatic carbocycles. The number of sulfonamides is 1. The van der Waals surface area contributed by atoms with Crippen molar-refractivity contribution < 1.29 is 17.9 Å². The minimum atomic E-state index is -3.69. The van der Waals surface area contributed by atoms with Crippen molar-refractivity contribution in [2.45, 2.75) is 11.4 Å². The molecule has 29 heavy (non-hydrogen) atoms. The number of morpholine rings is 1. The molecule has 0 atom stereocenters. The van der Waals surface area contributed by atoms with E-state index in [1.165, 1.54) is 21.2 Å². The van der Waals surface area contributed by atoms with Crippen molar-refractivity contribution in [3.8, 4) is 0 Å². The first-order chi connectivity index (χ1) is 14.1. The number of piperazine rings is 1. The molecule has 0 spiro atoms. The molecule has 2 aliphatic heterocycles. The quantitative estimate of drug-likeness (QED) is 0.715. The molecule has 2 aliphatic rings. The van der Waals surface area contributed by atoms with Crippen molar-refractivity contribution in [2.24, 2.45) is 0 Å². The van der Waals surface area contributed by atoms with Gasteiger partial charge in [0.25, 0.3) is 5.91 Å². The molecule has 2 aromatic rings. The van der Waals surface area contributed by atoms with Crippen LogP contribution in [-0.4, -0.2) is 80.9 Å². The van der Waals surface area contributed by atoms with Crippen LogP contribution in [0.25, 0.3) is 0 Å². The first-order valence-corrected chi connectivity index (χ1v) is 12.1. The second-order valence-corrected chi connectivity index (χ2v) is 10.0. The Morgan fingerprint density at radius 3 is 2.34 bits per heavy atom. The van der Waals surface area contributed by atoms with E-state index >= 15 is 0 Å². The van der Waals surface area contributed by atoms with Crippen LogP contribution in [0.2, 0.25) is 0 Å². The molecule has 1 aromatic carbocycles. The highest BCUT2D eigenvalue weighted by Crippen LogP contribution is 2.28. The van der Waals surface area contributed by atoms with Crippen molar-refractivity contribution in [1.82, 2.24) is 14.1 Å². The minimum Gasteiger partial charge on any atom is -0.378 e. The molecule has 4 rings (SSSR count). The molecule has 3 heterocycles. The fourth-order valence-corrected chi connectivity index (χ4v) is 6.46. The Kier molecular flexibility index (Phi) is 6.31. The average Bonchev–Trinajstić information content (AvgIpc) is 3.26.